The molecule has 0 spiro atoms. The molecule has 0 unspecified atom stereocenters. The number of amides is 2. The number of carbonyl (C=O) groups is 2. The van der Waals surface area contributed by atoms with Crippen LogP contribution in [0, 0.1) is 0 Å². The van der Waals surface area contributed by atoms with Crippen molar-refractivity contribution in [3.05, 3.63) is 46.5 Å². The highest BCUT2D eigenvalue weighted by atomic mass is 35.5. The summed E-state index contributed by atoms with van der Waals surface area (Å²) in [7, 11) is 1.44. The van der Waals surface area contributed by atoms with E-state index in [1.165, 1.54) is 13.2 Å². The van der Waals surface area contributed by atoms with Crippen LogP contribution in [0.4, 0.5) is 0 Å². The maximum Gasteiger partial charge on any atom is 0.255 e. The number of benzene rings is 2. The van der Waals surface area contributed by atoms with Crippen LogP contribution in [-0.2, 0) is 4.79 Å². The van der Waals surface area contributed by atoms with E-state index in [0.717, 1.165) is 30.6 Å². The average Bonchev–Trinajstić information content (AvgIpc) is 3.15. The van der Waals surface area contributed by atoms with Crippen molar-refractivity contribution in [1.29, 1.82) is 0 Å². The van der Waals surface area contributed by atoms with Crippen molar-refractivity contribution in [1.82, 2.24) is 4.90 Å². The average molecular weight is 461 g/mol. The van der Waals surface area contributed by atoms with Crippen LogP contribution >= 0.6 is 11.6 Å². The standard InChI is InChI=1S/C23H25ClN2O6/c1-29-20-12-15(10-16(24)22(20)32-13-21(25)27)23(28)26-7-2-4-17(26)14-5-6-18-19(11-14)31-9-3-8-30-18/h5-6,10-12,17H,2-4,7-9,13H2,1H3,(H2,25,27)/t17-/m0/s1. The molecule has 1 atom stereocenters. The fourth-order valence-electron chi connectivity index (χ4n) is 4.04. The zero-order chi connectivity index (χ0) is 22.7. The van der Waals surface area contributed by atoms with E-state index in [0.29, 0.717) is 31.1 Å². The van der Waals surface area contributed by atoms with Crippen molar-refractivity contribution in [3.8, 4) is 23.0 Å². The molecule has 4 rings (SSSR count). The van der Waals surface area contributed by atoms with E-state index in [1.54, 1.807) is 6.07 Å². The fraction of sp³-hybridized carbons (Fsp3) is 0.391. The van der Waals surface area contributed by atoms with Gasteiger partial charge in [0.05, 0.1) is 31.4 Å². The van der Waals surface area contributed by atoms with Crippen molar-refractivity contribution < 1.29 is 28.5 Å². The van der Waals surface area contributed by atoms with Crippen molar-refractivity contribution in [2.45, 2.75) is 25.3 Å². The maximum atomic E-state index is 13.4. The SMILES string of the molecule is COc1cc(C(=O)N2CCC[C@H]2c2ccc3c(c2)OCCCO3)cc(Cl)c1OCC(N)=O. The molecule has 2 amide bonds. The summed E-state index contributed by atoms with van der Waals surface area (Å²) in [5, 5.41) is 0.167. The summed E-state index contributed by atoms with van der Waals surface area (Å²) in [5.74, 6) is 1.06. The van der Waals surface area contributed by atoms with Crippen molar-refractivity contribution >= 4 is 23.4 Å². The molecule has 0 aromatic heterocycles. The van der Waals surface area contributed by atoms with Gasteiger partial charge >= 0.3 is 0 Å². The number of hydrogen-bond donors (Lipinski definition) is 1. The minimum atomic E-state index is -0.640. The topological polar surface area (TPSA) is 100 Å². The molecule has 170 valence electrons. The monoisotopic (exact) mass is 460 g/mol. The number of carbonyl (C=O) groups excluding carboxylic acids is 2. The molecule has 8 nitrogen and oxygen atoms in total. The number of rotatable bonds is 6. The van der Waals surface area contributed by atoms with E-state index in [-0.39, 0.29) is 35.1 Å². The number of primary amides is 1. The zero-order valence-electron chi connectivity index (χ0n) is 17.8. The third kappa shape index (κ3) is 4.55. The number of nitrogens with zero attached hydrogens (tertiary/aromatic N) is 1. The molecule has 0 radical (unpaired) electrons. The van der Waals surface area contributed by atoms with Gasteiger partial charge in [0.15, 0.2) is 29.6 Å². The Morgan fingerprint density at radius 2 is 1.94 bits per heavy atom. The summed E-state index contributed by atoms with van der Waals surface area (Å²) in [6.45, 7) is 1.51. The Bertz CT molecular complexity index is 1030. The molecule has 2 aliphatic heterocycles. The summed E-state index contributed by atoms with van der Waals surface area (Å²) in [5.41, 5.74) is 6.51. The van der Waals surface area contributed by atoms with E-state index in [9.17, 15) is 9.59 Å². The minimum Gasteiger partial charge on any atom is -0.493 e. The lowest BCUT2D eigenvalue weighted by molar-refractivity contribution is -0.119. The van der Waals surface area contributed by atoms with Gasteiger partial charge in [-0.05, 0) is 42.7 Å². The van der Waals surface area contributed by atoms with Gasteiger partial charge in [0.25, 0.3) is 11.8 Å². The Balaban J connectivity index is 1.59. The molecule has 0 bridgehead atoms. The molecule has 2 aromatic rings. The fourth-order valence-corrected chi connectivity index (χ4v) is 4.30. The van der Waals surface area contributed by atoms with Gasteiger partial charge in [0.2, 0.25) is 0 Å². The maximum absolute atomic E-state index is 13.4. The quantitative estimate of drug-likeness (QED) is 0.709. The molecule has 1 saturated heterocycles. The summed E-state index contributed by atoms with van der Waals surface area (Å²) < 4.78 is 22.2. The zero-order valence-corrected chi connectivity index (χ0v) is 18.5. The molecule has 32 heavy (non-hydrogen) atoms. The molecule has 0 saturated carbocycles. The van der Waals surface area contributed by atoms with Gasteiger partial charge in [-0.1, -0.05) is 17.7 Å². The van der Waals surface area contributed by atoms with Crippen LogP contribution in [-0.4, -0.2) is 50.2 Å². The van der Waals surface area contributed by atoms with E-state index in [2.05, 4.69) is 0 Å². The van der Waals surface area contributed by atoms with E-state index >= 15 is 0 Å². The first kappa shape index (κ1) is 22.1. The van der Waals surface area contributed by atoms with Crippen LogP contribution in [0.25, 0.3) is 0 Å². The van der Waals surface area contributed by atoms with Crippen LogP contribution in [0.1, 0.15) is 41.2 Å². The Morgan fingerprint density at radius 1 is 1.16 bits per heavy atom. The smallest absolute Gasteiger partial charge is 0.255 e. The molecule has 2 heterocycles. The molecule has 1 fully saturated rings. The first-order valence-electron chi connectivity index (χ1n) is 10.5. The number of fused-ring (bicyclic) bond motifs is 1. The Hall–Kier alpha value is -3.13. The number of methoxy groups -OCH3 is 1. The Kier molecular flexibility index (Phi) is 6.60. The van der Waals surface area contributed by atoms with Gasteiger partial charge in [0.1, 0.15) is 0 Å². The second-order valence-electron chi connectivity index (χ2n) is 7.66. The molecule has 9 heteroatoms. The number of ether oxygens (including phenoxy) is 4. The Morgan fingerprint density at radius 3 is 2.69 bits per heavy atom. The van der Waals surface area contributed by atoms with Crippen molar-refractivity contribution in [3.63, 3.8) is 0 Å². The highest BCUT2D eigenvalue weighted by Crippen LogP contribution is 2.40. The van der Waals surface area contributed by atoms with Gasteiger partial charge in [-0.2, -0.15) is 0 Å². The number of halogens is 1. The van der Waals surface area contributed by atoms with Crippen LogP contribution in [0.5, 0.6) is 23.0 Å². The summed E-state index contributed by atoms with van der Waals surface area (Å²) in [6.07, 6.45) is 2.56. The van der Waals surface area contributed by atoms with Crippen LogP contribution in [0.3, 0.4) is 0 Å². The van der Waals surface area contributed by atoms with Gasteiger partial charge in [-0.15, -0.1) is 0 Å². The third-order valence-corrected chi connectivity index (χ3v) is 5.79. The third-order valence-electron chi connectivity index (χ3n) is 5.51. The first-order chi connectivity index (χ1) is 15.5. The number of nitrogens with two attached hydrogens (primary N) is 1. The summed E-state index contributed by atoms with van der Waals surface area (Å²) in [4.78, 5) is 26.3. The highest BCUT2D eigenvalue weighted by molar-refractivity contribution is 6.32. The molecular formula is C23H25ClN2O6. The molecule has 2 aromatic carbocycles. The van der Waals surface area contributed by atoms with Gasteiger partial charge < -0.3 is 29.6 Å². The van der Waals surface area contributed by atoms with Crippen LogP contribution in [0.2, 0.25) is 5.02 Å². The lowest BCUT2D eigenvalue weighted by Gasteiger charge is -2.26. The van der Waals surface area contributed by atoms with Crippen LogP contribution < -0.4 is 24.7 Å². The second-order valence-corrected chi connectivity index (χ2v) is 8.06. The van der Waals surface area contributed by atoms with Crippen molar-refractivity contribution in [2.24, 2.45) is 5.73 Å². The van der Waals surface area contributed by atoms with E-state index < -0.39 is 5.91 Å². The predicted molar refractivity (Wildman–Crippen MR) is 118 cm³/mol. The number of likely N-dealkylation sites (tertiary alicyclic amines) is 1. The molecular weight excluding hydrogens is 436 g/mol. The molecule has 2 N–H and O–H groups in total. The normalized spacial score (nSPS) is 17.6. The first-order valence-corrected chi connectivity index (χ1v) is 10.8. The second kappa shape index (κ2) is 9.56. The van der Waals surface area contributed by atoms with Crippen LogP contribution in [0.15, 0.2) is 30.3 Å². The summed E-state index contributed by atoms with van der Waals surface area (Å²) in [6, 6.07) is 8.85. The van der Waals surface area contributed by atoms with E-state index in [1.807, 2.05) is 23.1 Å². The Labute approximate surface area is 191 Å². The van der Waals surface area contributed by atoms with Gasteiger partial charge in [-0.3, -0.25) is 9.59 Å². The number of hydrogen-bond acceptors (Lipinski definition) is 6. The largest absolute Gasteiger partial charge is 0.493 e. The molecule has 0 aliphatic carbocycles. The lowest BCUT2D eigenvalue weighted by Crippen LogP contribution is -2.30. The summed E-state index contributed by atoms with van der Waals surface area (Å²) >= 11 is 6.34. The lowest BCUT2D eigenvalue weighted by atomic mass is 10.0. The minimum absolute atomic E-state index is 0.0878. The van der Waals surface area contributed by atoms with Gasteiger partial charge in [-0.25, -0.2) is 0 Å². The van der Waals surface area contributed by atoms with E-state index in [4.69, 9.17) is 36.3 Å². The molecule has 2 aliphatic rings. The predicted octanol–water partition coefficient (Wildman–Crippen LogP) is 3.35. The van der Waals surface area contributed by atoms with Gasteiger partial charge in [0, 0.05) is 18.5 Å². The van der Waals surface area contributed by atoms with Crippen molar-refractivity contribution in [2.75, 3.05) is 33.5 Å². The highest BCUT2D eigenvalue weighted by Gasteiger charge is 2.32.